The Morgan fingerprint density at radius 2 is 1.30 bits per heavy atom. The van der Waals surface area contributed by atoms with Gasteiger partial charge in [-0.25, -0.2) is 0 Å². The molecule has 2 heterocycles. The van der Waals surface area contributed by atoms with E-state index in [9.17, 15) is 0 Å². The molecule has 0 bridgehead atoms. The molecule has 1 aliphatic carbocycles. The summed E-state index contributed by atoms with van der Waals surface area (Å²) in [5.41, 5.74) is 9.68. The lowest BCUT2D eigenvalue weighted by atomic mass is 9.78. The van der Waals surface area contributed by atoms with Crippen molar-refractivity contribution in [3.05, 3.63) is 130 Å². The van der Waals surface area contributed by atoms with Crippen LogP contribution in [0.25, 0.3) is 21.5 Å². The van der Waals surface area contributed by atoms with Gasteiger partial charge in [0.2, 0.25) is 5.69 Å². The number of hydrogen-bond donors (Lipinski definition) is 0. The second-order valence-corrected chi connectivity index (χ2v) is 16.6. The van der Waals surface area contributed by atoms with Gasteiger partial charge in [-0.15, -0.1) is 0 Å². The second kappa shape index (κ2) is 18.3. The van der Waals surface area contributed by atoms with E-state index in [-0.39, 0.29) is 10.8 Å². The van der Waals surface area contributed by atoms with Crippen molar-refractivity contribution in [2.45, 2.75) is 71.6 Å². The number of hydrogen-bond acceptors (Lipinski definition) is 5. The van der Waals surface area contributed by atoms with Crippen LogP contribution < -0.4 is 4.90 Å². The summed E-state index contributed by atoms with van der Waals surface area (Å²) in [6, 6.07) is 26.5. The Labute approximate surface area is 345 Å². The summed E-state index contributed by atoms with van der Waals surface area (Å²) in [5, 5.41) is 5.99. The van der Waals surface area contributed by atoms with E-state index in [2.05, 4.69) is 134 Å². The molecule has 2 aliphatic heterocycles. The zero-order chi connectivity index (χ0) is 40.0. The maximum atomic E-state index is 7.39. The zero-order valence-electron chi connectivity index (χ0n) is 34.8. The Bertz CT molecular complexity index is 2240. The molecule has 0 saturated carbocycles. The number of nitrogens with zero attached hydrogens (tertiary/aromatic N) is 2. The first-order valence-corrected chi connectivity index (χ1v) is 21.3. The minimum Gasteiger partial charge on any atom is -0.379 e. The average molecular weight is 788 g/mol. The third kappa shape index (κ3) is 8.44. The Hall–Kier alpha value is -4.04. The number of rotatable bonds is 17. The molecule has 57 heavy (non-hydrogen) atoms. The van der Waals surface area contributed by atoms with E-state index in [0.717, 1.165) is 37.4 Å². The maximum absolute atomic E-state index is 7.39. The van der Waals surface area contributed by atoms with Gasteiger partial charge in [0.15, 0.2) is 12.3 Å². The predicted molar refractivity (Wildman–Crippen MR) is 238 cm³/mol. The van der Waals surface area contributed by atoms with Gasteiger partial charge >= 0.3 is 0 Å². The fraction of sp³-hybridized carbons (Fsp3) is 0.420. The van der Waals surface area contributed by atoms with Crippen LogP contribution in [-0.4, -0.2) is 76.2 Å². The molecule has 300 valence electrons. The predicted octanol–water partition coefficient (Wildman–Crippen LogP) is 11.3. The normalized spacial score (nSPS) is 19.0. The average Bonchev–Trinajstić information content (AvgIpc) is 3.57. The standard InChI is InChI=1S/C50H60ClN2O4/c1-7-54-32-34-56-30-28-52-42-24-20-36-14-9-11-18-40(36)46(42)49(3,4)44(52)26-22-38-16-13-17-39(48(38)51)23-27-45-50(5,6)47-41-19-12-10-15-37(41)21-25-43(47)53(45)29-31-57-35-33-55-8-2/h9-12,14-15,18-27H,7-8,13,16-17,28-35H2,1-6H3/q+1. The van der Waals surface area contributed by atoms with E-state index in [0.29, 0.717) is 52.9 Å². The first kappa shape index (κ1) is 41.1. The molecule has 4 aromatic rings. The summed E-state index contributed by atoms with van der Waals surface area (Å²) in [7, 11) is 0. The molecule has 0 atom stereocenters. The Morgan fingerprint density at radius 3 is 2.00 bits per heavy atom. The Balaban J connectivity index is 1.20. The van der Waals surface area contributed by atoms with Crippen molar-refractivity contribution >= 4 is 50.2 Å². The van der Waals surface area contributed by atoms with E-state index in [1.54, 1.807) is 0 Å². The molecule has 7 rings (SSSR count). The number of benzene rings is 4. The van der Waals surface area contributed by atoms with Crippen LogP contribution in [0.5, 0.6) is 0 Å². The summed E-state index contributed by atoms with van der Waals surface area (Å²) in [6.07, 6.45) is 12.2. The van der Waals surface area contributed by atoms with Gasteiger partial charge in [-0.1, -0.05) is 92.2 Å². The number of anilines is 1. The number of fused-ring (bicyclic) bond motifs is 6. The topological polar surface area (TPSA) is 43.2 Å². The lowest BCUT2D eigenvalue weighted by Gasteiger charge is -2.27. The lowest BCUT2D eigenvalue weighted by molar-refractivity contribution is -0.442. The molecule has 0 N–H and O–H groups in total. The van der Waals surface area contributed by atoms with Crippen LogP contribution in [0.15, 0.2) is 119 Å². The zero-order valence-corrected chi connectivity index (χ0v) is 35.6. The van der Waals surface area contributed by atoms with Crippen LogP contribution in [0.3, 0.4) is 0 Å². The monoisotopic (exact) mass is 787 g/mol. The van der Waals surface area contributed by atoms with Crippen LogP contribution in [0.4, 0.5) is 11.4 Å². The van der Waals surface area contributed by atoms with E-state index in [1.165, 1.54) is 66.6 Å². The Morgan fingerprint density at radius 1 is 0.667 bits per heavy atom. The largest absolute Gasteiger partial charge is 0.379 e. The van der Waals surface area contributed by atoms with Gasteiger partial charge in [0.05, 0.1) is 38.4 Å². The quantitative estimate of drug-likeness (QED) is 0.0788. The molecule has 7 heteroatoms. The molecule has 3 aliphatic rings. The molecule has 6 nitrogen and oxygen atoms in total. The highest BCUT2D eigenvalue weighted by molar-refractivity contribution is 6.32. The smallest absolute Gasteiger partial charge is 0.210 e. The minimum absolute atomic E-state index is 0.216. The van der Waals surface area contributed by atoms with E-state index >= 15 is 0 Å². The minimum atomic E-state index is -0.216. The van der Waals surface area contributed by atoms with Gasteiger partial charge in [0, 0.05) is 59.3 Å². The van der Waals surface area contributed by atoms with Crippen LogP contribution in [0, 0.1) is 0 Å². The first-order chi connectivity index (χ1) is 27.7. The van der Waals surface area contributed by atoms with Gasteiger partial charge in [0.1, 0.15) is 6.61 Å². The van der Waals surface area contributed by atoms with Gasteiger partial charge in [-0.3, -0.25) is 0 Å². The van der Waals surface area contributed by atoms with Gasteiger partial charge < -0.3 is 23.8 Å². The molecule has 0 amide bonds. The van der Waals surface area contributed by atoms with E-state index in [4.69, 9.17) is 30.5 Å². The summed E-state index contributed by atoms with van der Waals surface area (Å²) >= 11 is 7.39. The number of halogens is 1. The van der Waals surface area contributed by atoms with Crippen molar-refractivity contribution in [3.63, 3.8) is 0 Å². The highest BCUT2D eigenvalue weighted by Crippen LogP contribution is 2.51. The van der Waals surface area contributed by atoms with Crippen LogP contribution >= 0.6 is 11.6 Å². The van der Waals surface area contributed by atoms with E-state index in [1.807, 2.05) is 13.8 Å². The highest BCUT2D eigenvalue weighted by atomic mass is 35.5. The number of allylic oxidation sites excluding steroid dienone is 8. The van der Waals surface area contributed by atoms with Crippen LogP contribution in [-0.2, 0) is 29.8 Å². The molecular formula is C50H60ClN2O4+. The van der Waals surface area contributed by atoms with Crippen molar-refractivity contribution in [1.82, 2.24) is 0 Å². The molecule has 0 aromatic heterocycles. The third-order valence-corrected chi connectivity index (χ3v) is 12.4. The molecule has 0 fully saturated rings. The SMILES string of the molecule is CCOCCOCCN1C(=CC=C2CCCC(C=CC3=[N+](CCOCCOCC)c4ccc5ccccc5c4C3(C)C)=C2Cl)C(C)(C)c2c1ccc1ccccc21. The summed E-state index contributed by atoms with van der Waals surface area (Å²) in [6.45, 7) is 20.0. The first-order valence-electron chi connectivity index (χ1n) is 20.9. The lowest BCUT2D eigenvalue weighted by Crippen LogP contribution is -2.29. The summed E-state index contributed by atoms with van der Waals surface area (Å²) in [4.78, 5) is 2.45. The Kier molecular flexibility index (Phi) is 13.2. The number of ether oxygens (including phenoxy) is 4. The van der Waals surface area contributed by atoms with Crippen molar-refractivity contribution in [2.75, 3.05) is 70.8 Å². The molecule has 0 radical (unpaired) electrons. The van der Waals surface area contributed by atoms with Crippen molar-refractivity contribution < 1.29 is 23.5 Å². The fourth-order valence-corrected chi connectivity index (χ4v) is 9.47. The summed E-state index contributed by atoms with van der Waals surface area (Å²) in [5.74, 6) is 0. The maximum Gasteiger partial charge on any atom is 0.210 e. The molecule has 0 unspecified atom stereocenters. The van der Waals surface area contributed by atoms with Crippen molar-refractivity contribution in [3.8, 4) is 0 Å². The van der Waals surface area contributed by atoms with Gasteiger partial charge in [0.25, 0.3) is 0 Å². The highest BCUT2D eigenvalue weighted by Gasteiger charge is 2.45. The van der Waals surface area contributed by atoms with Gasteiger partial charge in [-0.05, 0) is 103 Å². The molecular weight excluding hydrogens is 728 g/mol. The molecule has 0 spiro atoms. The van der Waals surface area contributed by atoms with Crippen molar-refractivity contribution in [2.24, 2.45) is 0 Å². The van der Waals surface area contributed by atoms with Crippen LogP contribution in [0.1, 0.15) is 71.9 Å². The fourth-order valence-electron chi connectivity index (χ4n) is 9.16. The molecule has 4 aromatic carbocycles. The third-order valence-electron chi connectivity index (χ3n) is 11.9. The summed E-state index contributed by atoms with van der Waals surface area (Å²) < 4.78 is 25.6. The second-order valence-electron chi connectivity index (χ2n) is 16.2. The van der Waals surface area contributed by atoms with E-state index < -0.39 is 0 Å². The van der Waals surface area contributed by atoms with Crippen molar-refractivity contribution in [1.29, 1.82) is 0 Å². The molecule has 0 saturated heterocycles. The van der Waals surface area contributed by atoms with Gasteiger partial charge in [-0.2, -0.15) is 4.58 Å². The van der Waals surface area contributed by atoms with Crippen LogP contribution in [0.2, 0.25) is 0 Å².